The van der Waals surface area contributed by atoms with Gasteiger partial charge in [-0.3, -0.25) is 4.39 Å². The molecule has 0 saturated heterocycles. The molecule has 0 aromatic heterocycles. The molecular weight excluding hydrogens is 110 g/mol. The Kier molecular flexibility index (Phi) is 6.27. The van der Waals surface area contributed by atoms with E-state index in [1.54, 1.807) is 6.08 Å². The van der Waals surface area contributed by atoms with Gasteiger partial charge in [0.1, 0.15) is 6.67 Å². The average Bonchev–Trinajstić information content (AvgIpc) is 1.81. The molecule has 0 rings (SSSR count). The van der Waals surface area contributed by atoms with Crippen molar-refractivity contribution in [1.82, 2.24) is 0 Å². The zero-order valence-electron chi connectivity index (χ0n) is 4.74. The summed E-state index contributed by atoms with van der Waals surface area (Å²) in [4.78, 5) is 0. The smallest absolute Gasteiger partial charge is 0.108 e. The summed E-state index contributed by atoms with van der Waals surface area (Å²) in [5.41, 5.74) is 0. The molecule has 0 heterocycles. The first-order valence-electron chi connectivity index (χ1n) is 2.68. The van der Waals surface area contributed by atoms with Gasteiger partial charge in [0, 0.05) is 0 Å². The van der Waals surface area contributed by atoms with Crippen molar-refractivity contribution in [2.45, 2.75) is 12.8 Å². The number of rotatable bonds is 4. The van der Waals surface area contributed by atoms with Gasteiger partial charge in [-0.2, -0.15) is 0 Å². The van der Waals surface area contributed by atoms with Crippen LogP contribution in [0.2, 0.25) is 0 Å². The summed E-state index contributed by atoms with van der Waals surface area (Å²) >= 11 is 0. The van der Waals surface area contributed by atoms with E-state index >= 15 is 0 Å². The Morgan fingerprint density at radius 3 is 2.38 bits per heavy atom. The topological polar surface area (TPSA) is 0 Å². The number of hydrogen-bond acceptors (Lipinski definition) is 0. The van der Waals surface area contributed by atoms with E-state index in [-0.39, 0.29) is 6.67 Å². The first-order chi connectivity index (χ1) is 3.91. The fourth-order valence-electron chi connectivity index (χ4n) is 0.376. The summed E-state index contributed by atoms with van der Waals surface area (Å²) in [6.45, 7) is -0.747. The Balaban J connectivity index is 2.80. The summed E-state index contributed by atoms with van der Waals surface area (Å²) < 4.78 is 22.5. The van der Waals surface area contributed by atoms with E-state index in [9.17, 15) is 8.78 Å². The molecule has 0 saturated carbocycles. The molecule has 0 radical (unpaired) electrons. The minimum Gasteiger partial charge on any atom is -0.251 e. The molecule has 0 aliphatic carbocycles. The molecule has 0 aromatic rings. The van der Waals surface area contributed by atoms with Crippen LogP contribution in [0.4, 0.5) is 8.78 Å². The second-order valence-electron chi connectivity index (χ2n) is 1.46. The maximum absolute atomic E-state index is 11.3. The van der Waals surface area contributed by atoms with Crippen molar-refractivity contribution >= 4 is 0 Å². The van der Waals surface area contributed by atoms with Crippen LogP contribution in [0.3, 0.4) is 0 Å². The summed E-state index contributed by atoms with van der Waals surface area (Å²) in [7, 11) is 0. The van der Waals surface area contributed by atoms with Crippen molar-refractivity contribution in [1.29, 1.82) is 0 Å². The third-order valence-corrected chi connectivity index (χ3v) is 0.760. The second kappa shape index (κ2) is 6.60. The van der Waals surface area contributed by atoms with Gasteiger partial charge in [0.15, 0.2) is 0 Å². The van der Waals surface area contributed by atoms with Crippen molar-refractivity contribution in [3.05, 3.63) is 12.2 Å². The quantitative estimate of drug-likeness (QED) is 0.394. The minimum absolute atomic E-state index is 0.309. The molecule has 0 N–H and O–H groups in total. The predicted octanol–water partition coefficient (Wildman–Crippen LogP) is 2.26. The van der Waals surface area contributed by atoms with E-state index in [2.05, 4.69) is 0 Å². The van der Waals surface area contributed by atoms with Crippen LogP contribution in [0.25, 0.3) is 0 Å². The monoisotopic (exact) mass is 120 g/mol. The van der Waals surface area contributed by atoms with Gasteiger partial charge >= 0.3 is 0 Å². The average molecular weight is 120 g/mol. The van der Waals surface area contributed by atoms with Crippen LogP contribution in [0.5, 0.6) is 0 Å². The fourth-order valence-corrected chi connectivity index (χ4v) is 0.376. The second-order valence-corrected chi connectivity index (χ2v) is 1.46. The Morgan fingerprint density at radius 2 is 1.88 bits per heavy atom. The van der Waals surface area contributed by atoms with Crippen molar-refractivity contribution in [3.8, 4) is 0 Å². The van der Waals surface area contributed by atoms with Crippen LogP contribution in [0.1, 0.15) is 12.8 Å². The van der Waals surface area contributed by atoms with E-state index < -0.39 is 6.67 Å². The summed E-state index contributed by atoms with van der Waals surface area (Å²) in [5, 5.41) is 0. The number of hydrogen-bond donors (Lipinski definition) is 0. The Bertz CT molecular complexity index is 59.5. The molecule has 0 atom stereocenters. The number of unbranched alkanes of at least 4 members (excludes halogenated alkanes) is 1. The van der Waals surface area contributed by atoms with E-state index in [0.717, 1.165) is 0 Å². The van der Waals surface area contributed by atoms with Gasteiger partial charge in [-0.1, -0.05) is 12.2 Å². The fraction of sp³-hybridized carbons (Fsp3) is 0.667. The predicted molar refractivity (Wildman–Crippen MR) is 30.3 cm³/mol. The van der Waals surface area contributed by atoms with Gasteiger partial charge in [-0.05, 0) is 12.8 Å². The van der Waals surface area contributed by atoms with Crippen molar-refractivity contribution in [2.24, 2.45) is 0 Å². The minimum atomic E-state index is -0.438. The van der Waals surface area contributed by atoms with Gasteiger partial charge in [0.05, 0.1) is 6.67 Å². The highest BCUT2D eigenvalue weighted by Crippen LogP contribution is 1.90. The molecule has 0 nitrogen and oxygen atoms in total. The highest BCUT2D eigenvalue weighted by atomic mass is 19.1. The van der Waals surface area contributed by atoms with Gasteiger partial charge < -0.3 is 0 Å². The molecule has 0 aromatic carbocycles. The molecule has 48 valence electrons. The molecule has 0 spiro atoms. The Morgan fingerprint density at radius 1 is 1.12 bits per heavy atom. The van der Waals surface area contributed by atoms with Crippen molar-refractivity contribution in [2.75, 3.05) is 13.3 Å². The van der Waals surface area contributed by atoms with Crippen LogP contribution in [0.15, 0.2) is 12.2 Å². The largest absolute Gasteiger partial charge is 0.251 e. The van der Waals surface area contributed by atoms with Gasteiger partial charge in [0.25, 0.3) is 0 Å². The molecule has 0 amide bonds. The molecular formula is C6H10F2. The maximum Gasteiger partial charge on any atom is 0.108 e. The third-order valence-electron chi connectivity index (χ3n) is 0.760. The SMILES string of the molecule is FC/C=C\CCCF. The number of allylic oxidation sites excluding steroid dienone is 2. The van der Waals surface area contributed by atoms with Crippen LogP contribution < -0.4 is 0 Å². The van der Waals surface area contributed by atoms with Crippen LogP contribution in [0, 0.1) is 0 Å². The highest BCUT2D eigenvalue weighted by Gasteiger charge is 1.77. The molecule has 0 bridgehead atoms. The zero-order valence-corrected chi connectivity index (χ0v) is 4.74. The van der Waals surface area contributed by atoms with Crippen molar-refractivity contribution in [3.63, 3.8) is 0 Å². The zero-order chi connectivity index (χ0) is 6.24. The lowest BCUT2D eigenvalue weighted by atomic mass is 10.3. The summed E-state index contributed by atoms with van der Waals surface area (Å²) in [6.07, 6.45) is 4.21. The first-order valence-corrected chi connectivity index (χ1v) is 2.68. The van der Waals surface area contributed by atoms with Crippen LogP contribution in [-0.2, 0) is 0 Å². The standard InChI is InChI=1S/C6H10F2/c7-5-3-1-2-4-6-8/h1,3H,2,4-6H2/b3-1-. The number of alkyl halides is 2. The first kappa shape index (κ1) is 7.60. The van der Waals surface area contributed by atoms with E-state index in [4.69, 9.17) is 0 Å². The van der Waals surface area contributed by atoms with Gasteiger partial charge in [-0.25, -0.2) is 4.39 Å². The lowest BCUT2D eigenvalue weighted by Crippen LogP contribution is -1.72. The van der Waals surface area contributed by atoms with Crippen LogP contribution >= 0.6 is 0 Å². The Labute approximate surface area is 48.2 Å². The van der Waals surface area contributed by atoms with E-state index in [1.807, 2.05) is 0 Å². The molecule has 0 fully saturated rings. The number of halogens is 2. The molecule has 8 heavy (non-hydrogen) atoms. The molecule has 2 heteroatoms. The molecule has 0 aliphatic heterocycles. The van der Waals surface area contributed by atoms with Crippen molar-refractivity contribution < 1.29 is 8.78 Å². The summed E-state index contributed by atoms with van der Waals surface area (Å²) in [5.74, 6) is 0. The molecule has 0 unspecified atom stereocenters. The molecule has 0 aliphatic rings. The van der Waals surface area contributed by atoms with Gasteiger partial charge in [0.2, 0.25) is 0 Å². The lowest BCUT2D eigenvalue weighted by Gasteiger charge is -1.82. The normalized spacial score (nSPS) is 10.8. The highest BCUT2D eigenvalue weighted by molar-refractivity contribution is 4.80. The van der Waals surface area contributed by atoms with Gasteiger partial charge in [-0.15, -0.1) is 0 Å². The van der Waals surface area contributed by atoms with Crippen LogP contribution in [-0.4, -0.2) is 13.3 Å². The third kappa shape index (κ3) is 5.60. The summed E-state index contributed by atoms with van der Waals surface area (Å²) in [6, 6.07) is 0. The van der Waals surface area contributed by atoms with E-state index in [1.165, 1.54) is 6.08 Å². The lowest BCUT2D eigenvalue weighted by molar-refractivity contribution is 0.475. The maximum atomic E-state index is 11.3. The van der Waals surface area contributed by atoms with E-state index in [0.29, 0.717) is 12.8 Å². The Hall–Kier alpha value is -0.400.